The van der Waals surface area contributed by atoms with Crippen molar-refractivity contribution in [3.8, 4) is 0 Å². The third-order valence-electron chi connectivity index (χ3n) is 4.48. The minimum atomic E-state index is 0.327. The second-order valence-corrected chi connectivity index (χ2v) is 7.01. The predicted molar refractivity (Wildman–Crippen MR) is 111 cm³/mol. The molecule has 0 spiro atoms. The van der Waals surface area contributed by atoms with E-state index in [0.29, 0.717) is 16.2 Å². The van der Waals surface area contributed by atoms with E-state index >= 15 is 0 Å². The van der Waals surface area contributed by atoms with Gasteiger partial charge in [0.15, 0.2) is 5.11 Å². The molecule has 0 aliphatic rings. The van der Waals surface area contributed by atoms with E-state index in [1.54, 1.807) is 0 Å². The Kier molecular flexibility index (Phi) is 5.61. The zero-order chi connectivity index (χ0) is 17.8. The quantitative estimate of drug-likeness (QED) is 0.554. The number of thiocarbonyl (C=S) groups is 1. The standard InChI is InChI=1S/C20H22ClN3S/c1-3-14(2)24(20(25)23-17-8-6-7-16(21)11-17)13-15-12-22-19-10-5-4-9-18(15)19/h4-12,14,22H,3,13H2,1-2H3,(H,23,25). The molecular weight excluding hydrogens is 350 g/mol. The van der Waals surface area contributed by atoms with Crippen LogP contribution in [0.2, 0.25) is 5.02 Å². The van der Waals surface area contributed by atoms with E-state index in [1.807, 2.05) is 30.3 Å². The first-order chi connectivity index (χ1) is 12.1. The van der Waals surface area contributed by atoms with Crippen LogP contribution in [-0.2, 0) is 6.54 Å². The van der Waals surface area contributed by atoms with Gasteiger partial charge in [-0.05, 0) is 55.4 Å². The zero-order valence-electron chi connectivity index (χ0n) is 14.4. The van der Waals surface area contributed by atoms with Gasteiger partial charge in [-0.3, -0.25) is 0 Å². The monoisotopic (exact) mass is 371 g/mol. The van der Waals surface area contributed by atoms with Gasteiger partial charge in [-0.2, -0.15) is 0 Å². The van der Waals surface area contributed by atoms with Gasteiger partial charge in [0, 0.05) is 40.4 Å². The van der Waals surface area contributed by atoms with E-state index in [1.165, 1.54) is 10.9 Å². The molecule has 0 aliphatic carbocycles. The summed E-state index contributed by atoms with van der Waals surface area (Å²) in [6, 6.07) is 16.3. The van der Waals surface area contributed by atoms with Crippen LogP contribution in [0.25, 0.3) is 10.9 Å². The predicted octanol–water partition coefficient (Wildman–Crippen LogP) is 5.82. The summed E-state index contributed by atoms with van der Waals surface area (Å²) in [5, 5.41) is 5.96. The van der Waals surface area contributed by atoms with Crippen LogP contribution in [0.15, 0.2) is 54.7 Å². The number of aromatic nitrogens is 1. The Morgan fingerprint density at radius 2 is 2.04 bits per heavy atom. The number of fused-ring (bicyclic) bond motifs is 1. The molecule has 1 aromatic heterocycles. The summed E-state index contributed by atoms with van der Waals surface area (Å²) >= 11 is 11.8. The first kappa shape index (κ1) is 17.8. The number of hydrogen-bond acceptors (Lipinski definition) is 1. The number of anilines is 1. The molecule has 0 saturated carbocycles. The van der Waals surface area contributed by atoms with Crippen LogP contribution < -0.4 is 5.32 Å². The summed E-state index contributed by atoms with van der Waals surface area (Å²) in [7, 11) is 0. The molecule has 2 N–H and O–H groups in total. The number of benzene rings is 2. The molecule has 3 nitrogen and oxygen atoms in total. The normalized spacial score (nSPS) is 12.1. The lowest BCUT2D eigenvalue weighted by Crippen LogP contribution is -2.40. The summed E-state index contributed by atoms with van der Waals surface area (Å²) < 4.78 is 0. The molecule has 0 saturated heterocycles. The van der Waals surface area contributed by atoms with Crippen molar-refractivity contribution in [2.45, 2.75) is 32.9 Å². The van der Waals surface area contributed by atoms with Gasteiger partial charge in [0.05, 0.1) is 0 Å². The Morgan fingerprint density at radius 1 is 1.24 bits per heavy atom. The number of H-pyrrole nitrogens is 1. The lowest BCUT2D eigenvalue weighted by molar-refractivity contribution is 0.321. The highest BCUT2D eigenvalue weighted by atomic mass is 35.5. The molecule has 25 heavy (non-hydrogen) atoms. The maximum Gasteiger partial charge on any atom is 0.173 e. The Bertz CT molecular complexity index is 874. The zero-order valence-corrected chi connectivity index (χ0v) is 16.0. The van der Waals surface area contributed by atoms with Gasteiger partial charge in [0.2, 0.25) is 0 Å². The van der Waals surface area contributed by atoms with Gasteiger partial charge in [0.1, 0.15) is 0 Å². The molecule has 3 aromatic rings. The summed E-state index contributed by atoms with van der Waals surface area (Å²) in [6.45, 7) is 5.13. The second-order valence-electron chi connectivity index (χ2n) is 6.19. The van der Waals surface area contributed by atoms with Crippen molar-refractivity contribution in [2.24, 2.45) is 0 Å². The van der Waals surface area contributed by atoms with Gasteiger partial charge in [-0.25, -0.2) is 0 Å². The van der Waals surface area contributed by atoms with E-state index in [-0.39, 0.29) is 0 Å². The van der Waals surface area contributed by atoms with Gasteiger partial charge in [0.25, 0.3) is 0 Å². The highest BCUT2D eigenvalue weighted by molar-refractivity contribution is 7.80. The Balaban J connectivity index is 1.83. The van der Waals surface area contributed by atoms with Gasteiger partial charge < -0.3 is 15.2 Å². The lowest BCUT2D eigenvalue weighted by atomic mass is 10.1. The van der Waals surface area contributed by atoms with E-state index < -0.39 is 0 Å². The van der Waals surface area contributed by atoms with Crippen LogP contribution in [0, 0.1) is 0 Å². The van der Waals surface area contributed by atoms with Crippen molar-refractivity contribution in [3.05, 3.63) is 65.3 Å². The lowest BCUT2D eigenvalue weighted by Gasteiger charge is -2.31. The van der Waals surface area contributed by atoms with Crippen molar-refractivity contribution in [1.29, 1.82) is 0 Å². The van der Waals surface area contributed by atoms with Crippen molar-refractivity contribution in [2.75, 3.05) is 5.32 Å². The van der Waals surface area contributed by atoms with Crippen LogP contribution in [-0.4, -0.2) is 21.0 Å². The van der Waals surface area contributed by atoms with Crippen molar-refractivity contribution < 1.29 is 0 Å². The van der Waals surface area contributed by atoms with Gasteiger partial charge >= 0.3 is 0 Å². The fraction of sp³-hybridized carbons (Fsp3) is 0.250. The molecule has 0 aliphatic heterocycles. The molecule has 0 fully saturated rings. The van der Waals surface area contributed by atoms with E-state index in [0.717, 1.165) is 24.2 Å². The molecule has 1 heterocycles. The molecule has 2 aromatic carbocycles. The number of para-hydroxylation sites is 1. The highest BCUT2D eigenvalue weighted by Gasteiger charge is 2.18. The smallest absolute Gasteiger partial charge is 0.173 e. The Hall–Kier alpha value is -2.04. The summed E-state index contributed by atoms with van der Waals surface area (Å²) in [4.78, 5) is 5.57. The maximum atomic E-state index is 6.08. The number of rotatable bonds is 5. The molecule has 1 atom stereocenters. The molecule has 130 valence electrons. The average Bonchev–Trinajstić information content (AvgIpc) is 3.02. The van der Waals surface area contributed by atoms with E-state index in [4.69, 9.17) is 23.8 Å². The molecular formula is C20H22ClN3S. The molecule has 0 radical (unpaired) electrons. The Morgan fingerprint density at radius 3 is 2.80 bits per heavy atom. The fourth-order valence-electron chi connectivity index (χ4n) is 2.86. The first-order valence-electron chi connectivity index (χ1n) is 8.46. The molecule has 1 unspecified atom stereocenters. The topological polar surface area (TPSA) is 31.1 Å². The third kappa shape index (κ3) is 4.14. The molecule has 5 heteroatoms. The number of aromatic amines is 1. The minimum absolute atomic E-state index is 0.327. The van der Waals surface area contributed by atoms with Crippen LogP contribution in [0.5, 0.6) is 0 Å². The molecule has 0 amide bonds. The van der Waals surface area contributed by atoms with E-state index in [9.17, 15) is 0 Å². The number of hydrogen-bond donors (Lipinski definition) is 2. The molecule has 0 bridgehead atoms. The summed E-state index contributed by atoms with van der Waals surface area (Å²) in [5.74, 6) is 0. The van der Waals surface area contributed by atoms with Gasteiger partial charge in [-0.15, -0.1) is 0 Å². The highest BCUT2D eigenvalue weighted by Crippen LogP contribution is 2.22. The van der Waals surface area contributed by atoms with Gasteiger partial charge in [-0.1, -0.05) is 42.8 Å². The van der Waals surface area contributed by atoms with E-state index in [2.05, 4.69) is 53.4 Å². The third-order valence-corrected chi connectivity index (χ3v) is 5.05. The summed E-state index contributed by atoms with van der Waals surface area (Å²) in [5.41, 5.74) is 3.30. The summed E-state index contributed by atoms with van der Waals surface area (Å²) in [6.07, 6.45) is 3.09. The number of halogens is 1. The van der Waals surface area contributed by atoms with Crippen molar-refractivity contribution >= 4 is 45.5 Å². The maximum absolute atomic E-state index is 6.08. The second kappa shape index (κ2) is 7.89. The first-order valence-corrected chi connectivity index (χ1v) is 9.25. The number of nitrogens with one attached hydrogen (secondary N) is 2. The number of nitrogens with zero attached hydrogens (tertiary/aromatic N) is 1. The SMILES string of the molecule is CCC(C)N(Cc1c[nH]c2ccccc12)C(=S)Nc1cccc(Cl)c1. The van der Waals surface area contributed by atoms with Crippen LogP contribution >= 0.6 is 23.8 Å². The van der Waals surface area contributed by atoms with Crippen LogP contribution in [0.1, 0.15) is 25.8 Å². The minimum Gasteiger partial charge on any atom is -0.361 e. The van der Waals surface area contributed by atoms with Crippen molar-refractivity contribution in [1.82, 2.24) is 9.88 Å². The van der Waals surface area contributed by atoms with Crippen molar-refractivity contribution in [3.63, 3.8) is 0 Å². The largest absolute Gasteiger partial charge is 0.361 e. The fourth-order valence-corrected chi connectivity index (χ4v) is 3.41. The average molecular weight is 372 g/mol. The van der Waals surface area contributed by atoms with Crippen LogP contribution in [0.3, 0.4) is 0 Å². The van der Waals surface area contributed by atoms with Crippen LogP contribution in [0.4, 0.5) is 5.69 Å². The molecule has 3 rings (SSSR count). The Labute approximate surface area is 159 Å².